The Morgan fingerprint density at radius 1 is 1.33 bits per heavy atom. The van der Waals surface area contributed by atoms with Crippen molar-refractivity contribution in [2.75, 3.05) is 24.8 Å². The zero-order chi connectivity index (χ0) is 20.7. The van der Waals surface area contributed by atoms with E-state index in [-0.39, 0.29) is 18.9 Å². The van der Waals surface area contributed by atoms with E-state index < -0.39 is 11.5 Å². The molecule has 9 nitrogen and oxygen atoms in total. The number of aromatic nitrogens is 3. The van der Waals surface area contributed by atoms with Crippen molar-refractivity contribution in [2.45, 2.75) is 26.3 Å². The van der Waals surface area contributed by atoms with Gasteiger partial charge in [-0.3, -0.25) is 9.59 Å². The minimum atomic E-state index is -0.485. The Morgan fingerprint density at radius 3 is 3.07 bits per heavy atom. The van der Waals surface area contributed by atoms with E-state index in [1.807, 2.05) is 12.1 Å². The van der Waals surface area contributed by atoms with Crippen LogP contribution in [0.5, 0.6) is 11.5 Å². The lowest BCUT2D eigenvalue weighted by Gasteiger charge is -2.30. The van der Waals surface area contributed by atoms with Gasteiger partial charge in [0.2, 0.25) is 16.9 Å². The van der Waals surface area contributed by atoms with E-state index >= 15 is 0 Å². The molecule has 30 heavy (non-hydrogen) atoms. The van der Waals surface area contributed by atoms with E-state index in [0.717, 1.165) is 30.2 Å². The van der Waals surface area contributed by atoms with Crippen molar-refractivity contribution in [1.82, 2.24) is 19.9 Å². The van der Waals surface area contributed by atoms with E-state index in [1.54, 1.807) is 6.07 Å². The molecule has 1 saturated heterocycles. The van der Waals surface area contributed by atoms with Crippen LogP contribution < -0.4 is 25.2 Å². The number of piperidine rings is 1. The van der Waals surface area contributed by atoms with Gasteiger partial charge in [0, 0.05) is 25.8 Å². The number of amides is 1. The number of nitrogens with one attached hydrogen (secondary N) is 1. The van der Waals surface area contributed by atoms with Gasteiger partial charge in [-0.15, -0.1) is 5.10 Å². The van der Waals surface area contributed by atoms with Crippen LogP contribution in [0.2, 0.25) is 0 Å². The van der Waals surface area contributed by atoms with Gasteiger partial charge in [-0.2, -0.15) is 4.52 Å². The third-order valence-electron chi connectivity index (χ3n) is 5.34. The number of hydrogen-bond acceptors (Lipinski definition) is 8. The van der Waals surface area contributed by atoms with Gasteiger partial charge in [0.15, 0.2) is 11.5 Å². The quantitative estimate of drug-likeness (QED) is 0.680. The summed E-state index contributed by atoms with van der Waals surface area (Å²) in [5, 5.41) is 7.98. The zero-order valence-electron chi connectivity index (χ0n) is 16.5. The number of nitrogens with zero attached hydrogens (tertiary/aromatic N) is 4. The maximum atomic E-state index is 12.8. The Labute approximate surface area is 176 Å². The first-order chi connectivity index (χ1) is 14.6. The van der Waals surface area contributed by atoms with Gasteiger partial charge in [0.1, 0.15) is 5.56 Å². The van der Waals surface area contributed by atoms with Crippen LogP contribution in [-0.2, 0) is 6.54 Å². The van der Waals surface area contributed by atoms with Gasteiger partial charge in [0.25, 0.3) is 11.5 Å². The second kappa shape index (κ2) is 7.60. The SMILES string of the molecule is C[C@@H]1CCCN(c2nn3c(=O)c(C(=O)NCc4ccc5c(c4)OCO5)cnc3s2)C1. The lowest BCUT2D eigenvalue weighted by atomic mass is 10.0. The first-order valence-electron chi connectivity index (χ1n) is 9.89. The summed E-state index contributed by atoms with van der Waals surface area (Å²) in [5.74, 6) is 1.43. The van der Waals surface area contributed by atoms with Crippen molar-refractivity contribution in [1.29, 1.82) is 0 Å². The molecule has 2 aliphatic rings. The molecule has 2 aromatic heterocycles. The Hall–Kier alpha value is -3.14. The monoisotopic (exact) mass is 427 g/mol. The molecule has 0 bridgehead atoms. The highest BCUT2D eigenvalue weighted by atomic mass is 32.1. The van der Waals surface area contributed by atoms with Crippen LogP contribution in [0.1, 0.15) is 35.7 Å². The van der Waals surface area contributed by atoms with Gasteiger partial charge in [-0.25, -0.2) is 4.98 Å². The molecule has 10 heteroatoms. The van der Waals surface area contributed by atoms with E-state index in [0.29, 0.717) is 22.4 Å². The summed E-state index contributed by atoms with van der Waals surface area (Å²) < 4.78 is 11.9. The van der Waals surface area contributed by atoms with Crippen LogP contribution in [0.3, 0.4) is 0 Å². The number of rotatable bonds is 4. The van der Waals surface area contributed by atoms with Gasteiger partial charge in [-0.1, -0.05) is 24.3 Å². The fraction of sp³-hybridized carbons (Fsp3) is 0.400. The standard InChI is InChI=1S/C20H21N5O4S/c1-12-3-2-6-24(10-12)20-23-25-18(27)14(9-22-19(25)30-20)17(26)21-8-13-4-5-15-16(7-13)29-11-28-15/h4-5,7,9,12H,2-3,6,8,10-11H2,1H3,(H,21,26)/t12-/m1/s1. The zero-order valence-corrected chi connectivity index (χ0v) is 17.3. The first-order valence-corrected chi connectivity index (χ1v) is 10.7. The average Bonchev–Trinajstić information content (AvgIpc) is 3.39. The summed E-state index contributed by atoms with van der Waals surface area (Å²) in [7, 11) is 0. The summed E-state index contributed by atoms with van der Waals surface area (Å²) >= 11 is 1.37. The molecule has 2 aliphatic heterocycles. The minimum absolute atomic E-state index is 0.0305. The number of fused-ring (bicyclic) bond motifs is 2. The Balaban J connectivity index is 1.34. The van der Waals surface area contributed by atoms with Crippen molar-refractivity contribution in [3.05, 3.63) is 45.9 Å². The number of hydrogen-bond donors (Lipinski definition) is 1. The van der Waals surface area contributed by atoms with Crippen LogP contribution in [0, 0.1) is 5.92 Å². The molecule has 3 aromatic rings. The Bertz CT molecular complexity index is 1170. The predicted molar refractivity (Wildman–Crippen MR) is 111 cm³/mol. The van der Waals surface area contributed by atoms with Gasteiger partial charge >= 0.3 is 0 Å². The number of carbonyl (C=O) groups excluding carboxylic acids is 1. The van der Waals surface area contributed by atoms with E-state index in [2.05, 4.69) is 27.2 Å². The van der Waals surface area contributed by atoms with Gasteiger partial charge in [0.05, 0.1) is 0 Å². The highest BCUT2D eigenvalue weighted by molar-refractivity contribution is 7.20. The smallest absolute Gasteiger partial charge is 0.288 e. The lowest BCUT2D eigenvalue weighted by Crippen LogP contribution is -2.34. The fourth-order valence-corrected chi connectivity index (χ4v) is 4.65. The fourth-order valence-electron chi connectivity index (χ4n) is 3.75. The first kappa shape index (κ1) is 18.9. The normalized spacial score (nSPS) is 18.0. The molecule has 1 fully saturated rings. The summed E-state index contributed by atoms with van der Waals surface area (Å²) in [5.41, 5.74) is 0.352. The molecule has 1 N–H and O–H groups in total. The summed E-state index contributed by atoms with van der Waals surface area (Å²) in [6.45, 7) is 4.50. The second-order valence-corrected chi connectivity index (χ2v) is 8.55. The van der Waals surface area contributed by atoms with E-state index in [4.69, 9.17) is 9.47 Å². The summed E-state index contributed by atoms with van der Waals surface area (Å²) in [4.78, 5) is 32.4. The highest BCUT2D eigenvalue weighted by Crippen LogP contribution is 2.32. The van der Waals surface area contributed by atoms with E-state index in [9.17, 15) is 9.59 Å². The number of ether oxygens (including phenoxy) is 2. The highest BCUT2D eigenvalue weighted by Gasteiger charge is 2.22. The molecule has 4 heterocycles. The van der Waals surface area contributed by atoms with Crippen molar-refractivity contribution < 1.29 is 14.3 Å². The molecule has 1 aromatic carbocycles. The number of anilines is 1. The minimum Gasteiger partial charge on any atom is -0.454 e. The molecule has 1 amide bonds. The van der Waals surface area contributed by atoms with Crippen LogP contribution in [0.4, 0.5) is 5.13 Å². The van der Waals surface area contributed by atoms with Crippen LogP contribution in [-0.4, -0.2) is 40.4 Å². The maximum absolute atomic E-state index is 12.8. The molecular formula is C20H21N5O4S. The molecule has 0 radical (unpaired) electrons. The molecule has 1 atom stereocenters. The molecular weight excluding hydrogens is 406 g/mol. The molecule has 0 spiro atoms. The lowest BCUT2D eigenvalue weighted by molar-refractivity contribution is 0.0948. The van der Waals surface area contributed by atoms with Crippen molar-refractivity contribution in [3.8, 4) is 11.5 Å². The maximum Gasteiger partial charge on any atom is 0.288 e. The van der Waals surface area contributed by atoms with Crippen molar-refractivity contribution in [3.63, 3.8) is 0 Å². The Morgan fingerprint density at radius 2 is 2.20 bits per heavy atom. The Kier molecular flexibility index (Phi) is 4.78. The number of carbonyl (C=O) groups is 1. The number of benzene rings is 1. The van der Waals surface area contributed by atoms with Gasteiger partial charge in [-0.05, 0) is 36.5 Å². The van der Waals surface area contributed by atoms with E-state index in [1.165, 1.54) is 28.5 Å². The van der Waals surface area contributed by atoms with Crippen LogP contribution >= 0.6 is 11.3 Å². The van der Waals surface area contributed by atoms with Crippen molar-refractivity contribution in [2.24, 2.45) is 5.92 Å². The largest absolute Gasteiger partial charge is 0.454 e. The van der Waals surface area contributed by atoms with Crippen molar-refractivity contribution >= 4 is 27.3 Å². The molecule has 0 saturated carbocycles. The van der Waals surface area contributed by atoms with Gasteiger partial charge < -0.3 is 19.7 Å². The second-order valence-electron chi connectivity index (χ2n) is 7.62. The molecule has 0 unspecified atom stereocenters. The molecule has 5 rings (SSSR count). The third-order valence-corrected chi connectivity index (χ3v) is 6.32. The van der Waals surface area contributed by atoms with Crippen LogP contribution in [0.15, 0.2) is 29.2 Å². The molecule has 156 valence electrons. The third kappa shape index (κ3) is 3.47. The summed E-state index contributed by atoms with van der Waals surface area (Å²) in [6.07, 6.45) is 3.63. The predicted octanol–water partition coefficient (Wildman–Crippen LogP) is 2.05. The average molecular weight is 427 g/mol. The topological polar surface area (TPSA) is 98.1 Å². The van der Waals surface area contributed by atoms with Crippen LogP contribution in [0.25, 0.3) is 4.96 Å². The molecule has 0 aliphatic carbocycles. The summed E-state index contributed by atoms with van der Waals surface area (Å²) in [6, 6.07) is 5.45.